The molecule has 0 aliphatic carbocycles. The van der Waals surface area contributed by atoms with Crippen molar-refractivity contribution in [3.63, 3.8) is 0 Å². The Hall–Kier alpha value is -0.290. The Bertz CT molecular complexity index is 313. The van der Waals surface area contributed by atoms with E-state index < -0.39 is 0 Å². The zero-order valence-electron chi connectivity index (χ0n) is 8.86. The first-order chi connectivity index (χ1) is 7.63. The number of amides is 2. The molecule has 2 saturated heterocycles. The molecule has 0 saturated carbocycles. The molecule has 2 fully saturated rings. The SMILES string of the molecule is O=C(CCl)N1CCC(N2CCC(Br)C2=O)C1. The van der Waals surface area contributed by atoms with Crippen molar-refractivity contribution in [2.24, 2.45) is 0 Å². The number of likely N-dealkylation sites (tertiary alicyclic amines) is 2. The van der Waals surface area contributed by atoms with Gasteiger partial charge in [-0.15, -0.1) is 11.6 Å². The fourth-order valence-electron chi connectivity index (χ4n) is 2.34. The number of hydrogen-bond donors (Lipinski definition) is 0. The highest BCUT2D eigenvalue weighted by molar-refractivity contribution is 9.10. The van der Waals surface area contributed by atoms with Crippen molar-refractivity contribution in [2.75, 3.05) is 25.5 Å². The van der Waals surface area contributed by atoms with Gasteiger partial charge in [0.25, 0.3) is 0 Å². The van der Waals surface area contributed by atoms with E-state index >= 15 is 0 Å². The molecule has 2 amide bonds. The van der Waals surface area contributed by atoms with Crippen LogP contribution in [0.5, 0.6) is 0 Å². The molecule has 0 spiro atoms. The summed E-state index contributed by atoms with van der Waals surface area (Å²) in [6.07, 6.45) is 1.73. The van der Waals surface area contributed by atoms with Crippen molar-refractivity contribution in [1.29, 1.82) is 0 Å². The van der Waals surface area contributed by atoms with E-state index in [1.807, 2.05) is 4.90 Å². The van der Waals surface area contributed by atoms with Crippen LogP contribution in [0.3, 0.4) is 0 Å². The number of carbonyl (C=O) groups excluding carboxylic acids is 2. The summed E-state index contributed by atoms with van der Waals surface area (Å²) in [6, 6.07) is 0.183. The summed E-state index contributed by atoms with van der Waals surface area (Å²) in [5, 5.41) is 0. The average molecular weight is 310 g/mol. The smallest absolute Gasteiger partial charge is 0.237 e. The molecular formula is C10H14BrClN2O2. The summed E-state index contributed by atoms with van der Waals surface area (Å²) in [5.41, 5.74) is 0. The van der Waals surface area contributed by atoms with Crippen molar-refractivity contribution in [3.8, 4) is 0 Å². The third kappa shape index (κ3) is 2.20. The average Bonchev–Trinajstić information content (AvgIpc) is 2.87. The van der Waals surface area contributed by atoms with Crippen molar-refractivity contribution in [3.05, 3.63) is 0 Å². The van der Waals surface area contributed by atoms with Crippen LogP contribution in [0, 0.1) is 0 Å². The zero-order chi connectivity index (χ0) is 11.7. The highest BCUT2D eigenvalue weighted by Gasteiger charge is 2.38. The summed E-state index contributed by atoms with van der Waals surface area (Å²) >= 11 is 8.87. The van der Waals surface area contributed by atoms with Gasteiger partial charge in [0, 0.05) is 19.6 Å². The highest BCUT2D eigenvalue weighted by Crippen LogP contribution is 2.25. The molecule has 16 heavy (non-hydrogen) atoms. The van der Waals surface area contributed by atoms with Crippen molar-refractivity contribution >= 4 is 39.3 Å². The molecule has 2 heterocycles. The second-order valence-corrected chi connectivity index (χ2v) is 5.58. The van der Waals surface area contributed by atoms with Crippen molar-refractivity contribution in [2.45, 2.75) is 23.7 Å². The minimum atomic E-state index is -0.0368. The fourth-order valence-corrected chi connectivity index (χ4v) is 2.97. The molecule has 6 heteroatoms. The Morgan fingerprint density at radius 3 is 2.75 bits per heavy atom. The third-order valence-corrected chi connectivity index (χ3v) is 4.32. The predicted octanol–water partition coefficient (Wildman–Crippen LogP) is 0.822. The number of carbonyl (C=O) groups is 2. The Morgan fingerprint density at radius 1 is 1.44 bits per heavy atom. The summed E-state index contributed by atoms with van der Waals surface area (Å²) in [7, 11) is 0. The molecule has 0 N–H and O–H groups in total. The molecule has 90 valence electrons. The lowest BCUT2D eigenvalue weighted by atomic mass is 10.2. The van der Waals surface area contributed by atoms with Crippen LogP contribution in [0.4, 0.5) is 0 Å². The molecule has 2 atom stereocenters. The van der Waals surface area contributed by atoms with Gasteiger partial charge in [0.1, 0.15) is 5.88 Å². The molecule has 0 aromatic heterocycles. The number of nitrogens with zero attached hydrogens (tertiary/aromatic N) is 2. The largest absolute Gasteiger partial charge is 0.340 e. The second-order valence-electron chi connectivity index (χ2n) is 4.20. The molecule has 0 aromatic rings. The van der Waals surface area contributed by atoms with Crippen LogP contribution in [0.2, 0.25) is 0 Å². The molecule has 0 aromatic carbocycles. The van der Waals surface area contributed by atoms with E-state index in [1.165, 1.54) is 0 Å². The van der Waals surface area contributed by atoms with Gasteiger partial charge in [-0.2, -0.15) is 0 Å². The monoisotopic (exact) mass is 308 g/mol. The van der Waals surface area contributed by atoms with Crippen LogP contribution in [-0.2, 0) is 9.59 Å². The molecular weight excluding hydrogens is 295 g/mol. The van der Waals surface area contributed by atoms with E-state index in [-0.39, 0.29) is 28.6 Å². The van der Waals surface area contributed by atoms with Gasteiger partial charge < -0.3 is 9.80 Å². The van der Waals surface area contributed by atoms with E-state index in [4.69, 9.17) is 11.6 Å². The minimum Gasteiger partial charge on any atom is -0.340 e. The summed E-state index contributed by atoms with van der Waals surface area (Å²) in [4.78, 5) is 26.8. The Morgan fingerprint density at radius 2 is 2.19 bits per heavy atom. The number of alkyl halides is 2. The van der Waals surface area contributed by atoms with E-state index in [0.29, 0.717) is 13.1 Å². The summed E-state index contributed by atoms with van der Waals surface area (Å²) in [5.74, 6) is 0.151. The molecule has 0 radical (unpaired) electrons. The molecule has 0 bridgehead atoms. The summed E-state index contributed by atoms with van der Waals surface area (Å²) < 4.78 is 0. The maximum Gasteiger partial charge on any atom is 0.237 e. The maximum atomic E-state index is 11.8. The predicted molar refractivity (Wildman–Crippen MR) is 64.8 cm³/mol. The normalized spacial score (nSPS) is 30.2. The standard InChI is InChI=1S/C10H14BrClN2O2/c11-8-2-4-14(10(8)16)7-1-3-13(6-7)9(15)5-12/h7-8H,1-6H2. The minimum absolute atomic E-state index is 0.0295. The molecule has 2 aliphatic rings. The molecule has 4 nitrogen and oxygen atoms in total. The van der Waals surface area contributed by atoms with Crippen LogP contribution in [-0.4, -0.2) is 58.0 Å². The Labute approximate surface area is 108 Å². The Balaban J connectivity index is 1.94. The molecule has 2 unspecified atom stereocenters. The van der Waals surface area contributed by atoms with E-state index in [2.05, 4.69) is 15.9 Å². The van der Waals surface area contributed by atoms with Crippen LogP contribution >= 0.6 is 27.5 Å². The van der Waals surface area contributed by atoms with Gasteiger partial charge in [-0.25, -0.2) is 0 Å². The lowest BCUT2D eigenvalue weighted by Crippen LogP contribution is -2.40. The van der Waals surface area contributed by atoms with Gasteiger partial charge >= 0.3 is 0 Å². The highest BCUT2D eigenvalue weighted by atomic mass is 79.9. The number of halogens is 2. The molecule has 2 aliphatic heterocycles. The van der Waals surface area contributed by atoms with Gasteiger partial charge in [-0.3, -0.25) is 9.59 Å². The quantitative estimate of drug-likeness (QED) is 0.709. The fraction of sp³-hybridized carbons (Fsp3) is 0.800. The van der Waals surface area contributed by atoms with Crippen LogP contribution in [0.25, 0.3) is 0 Å². The van der Waals surface area contributed by atoms with Gasteiger partial charge in [0.05, 0.1) is 10.9 Å². The first kappa shape index (κ1) is 12.2. The van der Waals surface area contributed by atoms with E-state index in [0.717, 1.165) is 19.4 Å². The lowest BCUT2D eigenvalue weighted by molar-refractivity contribution is -0.131. The maximum absolute atomic E-state index is 11.8. The lowest BCUT2D eigenvalue weighted by Gasteiger charge is -2.24. The van der Waals surface area contributed by atoms with Crippen molar-refractivity contribution in [1.82, 2.24) is 9.80 Å². The van der Waals surface area contributed by atoms with Crippen LogP contribution < -0.4 is 0 Å². The number of hydrogen-bond acceptors (Lipinski definition) is 2. The molecule has 2 rings (SSSR count). The van der Waals surface area contributed by atoms with Gasteiger partial charge in [-0.05, 0) is 12.8 Å². The number of rotatable bonds is 2. The van der Waals surface area contributed by atoms with E-state index in [1.54, 1.807) is 4.90 Å². The summed E-state index contributed by atoms with van der Waals surface area (Å²) in [6.45, 7) is 2.15. The first-order valence-electron chi connectivity index (χ1n) is 5.41. The topological polar surface area (TPSA) is 40.6 Å². The van der Waals surface area contributed by atoms with E-state index in [9.17, 15) is 9.59 Å². The van der Waals surface area contributed by atoms with Gasteiger partial charge in [0.15, 0.2) is 0 Å². The Kier molecular flexibility index (Phi) is 3.74. The third-order valence-electron chi connectivity index (χ3n) is 3.25. The van der Waals surface area contributed by atoms with Gasteiger partial charge in [-0.1, -0.05) is 15.9 Å². The first-order valence-corrected chi connectivity index (χ1v) is 6.86. The van der Waals surface area contributed by atoms with Crippen LogP contribution in [0.15, 0.2) is 0 Å². The van der Waals surface area contributed by atoms with Crippen molar-refractivity contribution < 1.29 is 9.59 Å². The van der Waals surface area contributed by atoms with Crippen LogP contribution in [0.1, 0.15) is 12.8 Å². The second kappa shape index (κ2) is 4.92. The van der Waals surface area contributed by atoms with Gasteiger partial charge in [0.2, 0.25) is 11.8 Å². The zero-order valence-corrected chi connectivity index (χ0v) is 11.2.